The lowest BCUT2D eigenvalue weighted by atomic mass is 9.93. The minimum atomic E-state index is -0.245. The molecule has 0 unspecified atom stereocenters. The third kappa shape index (κ3) is 2.75. The van der Waals surface area contributed by atoms with Gasteiger partial charge in [0.1, 0.15) is 5.70 Å². The van der Waals surface area contributed by atoms with E-state index in [-0.39, 0.29) is 22.7 Å². The first-order valence-electron chi connectivity index (χ1n) is 7.21. The molecule has 1 aromatic heterocycles. The van der Waals surface area contributed by atoms with E-state index in [9.17, 15) is 14.4 Å². The summed E-state index contributed by atoms with van der Waals surface area (Å²) < 4.78 is 1.52. The van der Waals surface area contributed by atoms with E-state index in [0.717, 1.165) is 12.8 Å². The number of fused-ring (bicyclic) bond motifs is 1. The molecule has 1 aliphatic rings. The van der Waals surface area contributed by atoms with E-state index >= 15 is 0 Å². The fourth-order valence-electron chi connectivity index (χ4n) is 2.50. The van der Waals surface area contributed by atoms with Gasteiger partial charge in [0.2, 0.25) is 11.6 Å². The number of hydrogen-bond donors (Lipinski definition) is 0. The molecule has 5 nitrogen and oxygen atoms in total. The van der Waals surface area contributed by atoms with Crippen molar-refractivity contribution in [2.45, 2.75) is 26.3 Å². The monoisotopic (exact) mass is 320 g/mol. The van der Waals surface area contributed by atoms with E-state index in [1.807, 2.05) is 6.92 Å². The van der Waals surface area contributed by atoms with Crippen LogP contribution in [-0.4, -0.2) is 41.4 Å². The lowest BCUT2D eigenvalue weighted by Crippen LogP contribution is -2.32. The van der Waals surface area contributed by atoms with Crippen molar-refractivity contribution in [3.8, 4) is 0 Å². The van der Waals surface area contributed by atoms with Crippen LogP contribution in [0, 0.1) is 0 Å². The molecule has 6 heteroatoms. The summed E-state index contributed by atoms with van der Waals surface area (Å²) in [6.07, 6.45) is 5.11. The van der Waals surface area contributed by atoms with Crippen LogP contribution in [0.25, 0.3) is 0 Å². The van der Waals surface area contributed by atoms with Crippen LogP contribution in [0.4, 0.5) is 0 Å². The fraction of sp³-hybridized carbons (Fsp3) is 0.438. The number of allylic oxidation sites excluding steroid dienone is 2. The summed E-state index contributed by atoms with van der Waals surface area (Å²) in [5.74, 6) is -0.445. The molecular weight excluding hydrogens is 300 g/mol. The van der Waals surface area contributed by atoms with Crippen molar-refractivity contribution in [2.24, 2.45) is 0 Å². The van der Waals surface area contributed by atoms with Gasteiger partial charge < -0.3 is 9.47 Å². The highest BCUT2D eigenvalue weighted by molar-refractivity contribution is 8.03. The Hall–Kier alpha value is -1.82. The molecule has 0 spiro atoms. The van der Waals surface area contributed by atoms with Crippen molar-refractivity contribution in [1.29, 1.82) is 0 Å². The summed E-state index contributed by atoms with van der Waals surface area (Å²) in [6, 6.07) is 1.30. The normalized spacial score (nSPS) is 14.4. The number of pyridine rings is 1. The number of unbranched alkanes of at least 4 members (excludes halogenated alkanes) is 1. The Balaban J connectivity index is 2.61. The number of ketones is 2. The number of rotatable bonds is 5. The van der Waals surface area contributed by atoms with E-state index < -0.39 is 0 Å². The second kappa shape index (κ2) is 6.52. The van der Waals surface area contributed by atoms with Crippen LogP contribution in [-0.2, 0) is 6.54 Å². The highest BCUT2D eigenvalue weighted by Crippen LogP contribution is 2.31. The zero-order valence-electron chi connectivity index (χ0n) is 13.3. The Bertz CT molecular complexity index is 717. The average Bonchev–Trinajstić information content (AvgIpc) is 2.48. The molecule has 2 rings (SSSR count). The number of carbonyl (C=O) groups excluding carboxylic acids is 2. The molecule has 0 atom stereocenters. The van der Waals surface area contributed by atoms with Gasteiger partial charge in [-0.05, 0) is 12.7 Å². The number of aromatic nitrogens is 1. The van der Waals surface area contributed by atoms with Crippen LogP contribution >= 0.6 is 11.8 Å². The van der Waals surface area contributed by atoms with Gasteiger partial charge >= 0.3 is 0 Å². The molecule has 0 radical (unpaired) electrons. The topological polar surface area (TPSA) is 59.4 Å². The first-order valence-corrected chi connectivity index (χ1v) is 8.44. The number of nitrogens with zero attached hydrogens (tertiary/aromatic N) is 2. The van der Waals surface area contributed by atoms with Crippen molar-refractivity contribution in [3.05, 3.63) is 44.3 Å². The van der Waals surface area contributed by atoms with Crippen LogP contribution in [0.1, 0.15) is 40.5 Å². The van der Waals surface area contributed by atoms with Crippen molar-refractivity contribution in [3.63, 3.8) is 0 Å². The second-order valence-corrected chi connectivity index (χ2v) is 6.24. The van der Waals surface area contributed by atoms with E-state index in [4.69, 9.17) is 0 Å². The molecule has 118 valence electrons. The molecule has 0 N–H and O–H groups in total. The van der Waals surface area contributed by atoms with Crippen LogP contribution in [0.3, 0.4) is 0 Å². The van der Waals surface area contributed by atoms with Gasteiger partial charge in [-0.25, -0.2) is 0 Å². The van der Waals surface area contributed by atoms with E-state index in [0.29, 0.717) is 22.7 Å². The van der Waals surface area contributed by atoms with Gasteiger partial charge in [-0.2, -0.15) is 0 Å². The van der Waals surface area contributed by atoms with E-state index in [1.165, 1.54) is 28.6 Å². The van der Waals surface area contributed by atoms with E-state index in [1.54, 1.807) is 25.3 Å². The molecule has 1 heterocycles. The van der Waals surface area contributed by atoms with Crippen LogP contribution < -0.4 is 5.56 Å². The Labute approximate surface area is 134 Å². The first-order chi connectivity index (χ1) is 10.4. The molecular formula is C16H20N2O3S. The SMILES string of the molecule is CCCCn1cc2c(cc1=O)C(=O)C(SC)=C(N(C)C)C2=O. The summed E-state index contributed by atoms with van der Waals surface area (Å²) in [5, 5.41) is 0. The van der Waals surface area contributed by atoms with Gasteiger partial charge in [-0.1, -0.05) is 13.3 Å². The lowest BCUT2D eigenvalue weighted by molar-refractivity contribution is 0.0958. The highest BCUT2D eigenvalue weighted by Gasteiger charge is 2.33. The van der Waals surface area contributed by atoms with Crippen molar-refractivity contribution in [2.75, 3.05) is 20.4 Å². The molecule has 0 fully saturated rings. The van der Waals surface area contributed by atoms with Gasteiger partial charge in [-0.15, -0.1) is 11.8 Å². The highest BCUT2D eigenvalue weighted by atomic mass is 32.2. The Morgan fingerprint density at radius 1 is 1.14 bits per heavy atom. The van der Waals surface area contributed by atoms with Gasteiger partial charge in [0.05, 0.1) is 10.5 Å². The maximum absolute atomic E-state index is 12.7. The summed E-state index contributed by atoms with van der Waals surface area (Å²) in [6.45, 7) is 2.59. The lowest BCUT2D eigenvalue weighted by Gasteiger charge is -2.25. The molecule has 0 aliphatic heterocycles. The predicted octanol–water partition coefficient (Wildman–Crippen LogP) is 2.16. The van der Waals surface area contributed by atoms with Gasteiger partial charge in [0.25, 0.3) is 5.56 Å². The third-order valence-electron chi connectivity index (χ3n) is 3.66. The summed E-state index contributed by atoms with van der Waals surface area (Å²) in [7, 11) is 3.49. The number of carbonyl (C=O) groups is 2. The first kappa shape index (κ1) is 16.5. The molecule has 0 bridgehead atoms. The number of aryl methyl sites for hydroxylation is 1. The second-order valence-electron chi connectivity index (χ2n) is 5.42. The number of hydrogen-bond acceptors (Lipinski definition) is 5. The van der Waals surface area contributed by atoms with Crippen molar-refractivity contribution < 1.29 is 9.59 Å². The number of likely N-dealkylation sites (N-methyl/N-ethyl adjacent to an activating group) is 1. The Morgan fingerprint density at radius 3 is 2.36 bits per heavy atom. The Morgan fingerprint density at radius 2 is 1.82 bits per heavy atom. The maximum Gasteiger partial charge on any atom is 0.251 e. The van der Waals surface area contributed by atoms with Crippen LogP contribution in [0.5, 0.6) is 0 Å². The molecule has 0 saturated carbocycles. The quantitative estimate of drug-likeness (QED) is 0.832. The van der Waals surface area contributed by atoms with E-state index in [2.05, 4.69) is 0 Å². The number of thioether (sulfide) groups is 1. The largest absolute Gasteiger partial charge is 0.373 e. The smallest absolute Gasteiger partial charge is 0.251 e. The van der Waals surface area contributed by atoms with Crippen molar-refractivity contribution in [1.82, 2.24) is 9.47 Å². The van der Waals surface area contributed by atoms with Gasteiger partial charge in [-0.3, -0.25) is 14.4 Å². The zero-order chi connectivity index (χ0) is 16.4. The van der Waals surface area contributed by atoms with Crippen LogP contribution in [0.2, 0.25) is 0 Å². The zero-order valence-corrected chi connectivity index (χ0v) is 14.1. The summed E-state index contributed by atoms with van der Waals surface area (Å²) >= 11 is 1.24. The molecule has 1 aromatic rings. The minimum absolute atomic E-state index is 0.200. The molecule has 1 aliphatic carbocycles. The predicted molar refractivity (Wildman–Crippen MR) is 88.5 cm³/mol. The Kier molecular flexibility index (Phi) is 4.90. The molecule has 0 saturated heterocycles. The standard InChI is InChI=1S/C16H20N2O3S/c1-5-6-7-18-9-11-10(8-12(18)19)15(21)16(22-4)13(14(11)20)17(2)3/h8-9H,5-7H2,1-4H3. The van der Waals surface area contributed by atoms with Crippen LogP contribution in [0.15, 0.2) is 27.7 Å². The molecule has 22 heavy (non-hydrogen) atoms. The molecule has 0 aromatic carbocycles. The third-order valence-corrected chi connectivity index (χ3v) is 4.44. The minimum Gasteiger partial charge on any atom is -0.373 e. The summed E-state index contributed by atoms with van der Waals surface area (Å²) in [5.41, 5.74) is 0.702. The van der Waals surface area contributed by atoms with Crippen molar-refractivity contribution >= 4 is 23.3 Å². The van der Waals surface area contributed by atoms with Gasteiger partial charge in [0, 0.05) is 38.5 Å². The van der Waals surface area contributed by atoms with Gasteiger partial charge in [0.15, 0.2) is 0 Å². The maximum atomic E-state index is 12.7. The average molecular weight is 320 g/mol. The fourth-order valence-corrected chi connectivity index (χ4v) is 3.27. The molecule has 0 amide bonds. The summed E-state index contributed by atoms with van der Waals surface area (Å²) in [4.78, 5) is 39.5. The number of Topliss-reactive ketones (excluding diaryl/α,β-unsaturated/α-hetero) is 2.